The van der Waals surface area contributed by atoms with Gasteiger partial charge in [0.05, 0.1) is 23.8 Å². The van der Waals surface area contributed by atoms with Crippen LogP contribution in [0.1, 0.15) is 24.1 Å². The number of ether oxygens (including phenoxy) is 2. The summed E-state index contributed by atoms with van der Waals surface area (Å²) in [6.07, 6.45) is -4.46. The molecule has 0 radical (unpaired) electrons. The minimum absolute atomic E-state index is 0.0821. The number of esters is 1. The van der Waals surface area contributed by atoms with E-state index in [9.17, 15) is 22.8 Å². The van der Waals surface area contributed by atoms with Gasteiger partial charge < -0.3 is 30.3 Å². The van der Waals surface area contributed by atoms with Crippen LogP contribution in [-0.2, 0) is 20.4 Å². The van der Waals surface area contributed by atoms with E-state index in [0.717, 1.165) is 24.3 Å². The van der Waals surface area contributed by atoms with Crippen molar-refractivity contribution in [2.45, 2.75) is 19.1 Å². The number of anilines is 2. The highest BCUT2D eigenvalue weighted by molar-refractivity contribution is 7.80. The summed E-state index contributed by atoms with van der Waals surface area (Å²) in [5, 5.41) is 8.65. The first kappa shape index (κ1) is 27.0. The number of allylic oxidation sites excluding steroid dienone is 1. The maximum absolute atomic E-state index is 12.9. The molecule has 1 aliphatic heterocycles. The Bertz CT molecular complexity index is 1170. The van der Waals surface area contributed by atoms with Gasteiger partial charge in [-0.05, 0) is 61.1 Å². The van der Waals surface area contributed by atoms with E-state index >= 15 is 0 Å². The normalized spacial score (nSPS) is 15.9. The predicted molar refractivity (Wildman–Crippen MR) is 132 cm³/mol. The van der Waals surface area contributed by atoms with E-state index in [1.54, 1.807) is 43.1 Å². The number of methoxy groups -OCH3 is 1. The number of benzene rings is 2. The number of thiocarbonyl (C=S) groups is 1. The molecule has 0 bridgehead atoms. The predicted octanol–water partition coefficient (Wildman–Crippen LogP) is 4.67. The number of rotatable bonds is 7. The van der Waals surface area contributed by atoms with Gasteiger partial charge in [0.2, 0.25) is 0 Å². The van der Waals surface area contributed by atoms with Crippen LogP contribution in [0.3, 0.4) is 0 Å². The second-order valence-corrected chi connectivity index (χ2v) is 8.24. The minimum atomic E-state index is -4.46. The number of hydrogen-bond acceptors (Lipinski definition) is 5. The highest BCUT2D eigenvalue weighted by atomic mass is 32.1. The lowest BCUT2D eigenvalue weighted by Gasteiger charge is -2.35. The van der Waals surface area contributed by atoms with Crippen molar-refractivity contribution in [3.8, 4) is 0 Å². The maximum atomic E-state index is 12.9. The molecule has 1 unspecified atom stereocenters. The molecule has 0 saturated heterocycles. The minimum Gasteiger partial charge on any atom is -0.460 e. The highest BCUT2D eigenvalue weighted by Gasteiger charge is 2.33. The van der Waals surface area contributed by atoms with Gasteiger partial charge in [0.1, 0.15) is 6.61 Å². The lowest BCUT2D eigenvalue weighted by molar-refractivity contribution is -0.141. The smallest absolute Gasteiger partial charge is 0.416 e. The van der Waals surface area contributed by atoms with Gasteiger partial charge in [-0.15, -0.1) is 0 Å². The number of carbonyl (C=O) groups is 2. The molecule has 36 heavy (non-hydrogen) atoms. The van der Waals surface area contributed by atoms with Crippen molar-refractivity contribution >= 4 is 40.7 Å². The van der Waals surface area contributed by atoms with Crippen molar-refractivity contribution in [1.29, 1.82) is 0 Å². The van der Waals surface area contributed by atoms with Crippen LogP contribution >= 0.6 is 12.2 Å². The molecule has 12 heteroatoms. The Hall–Kier alpha value is -3.64. The van der Waals surface area contributed by atoms with Crippen LogP contribution in [0.2, 0.25) is 0 Å². The van der Waals surface area contributed by atoms with Crippen LogP contribution in [0, 0.1) is 0 Å². The quantitative estimate of drug-likeness (QED) is 0.276. The first-order valence-electron chi connectivity index (χ1n) is 10.8. The van der Waals surface area contributed by atoms with Crippen LogP contribution in [0.25, 0.3) is 0 Å². The lowest BCUT2D eigenvalue weighted by Crippen LogP contribution is -2.46. The summed E-state index contributed by atoms with van der Waals surface area (Å²) in [5.41, 5.74) is 1.38. The second kappa shape index (κ2) is 11.4. The zero-order valence-electron chi connectivity index (χ0n) is 19.7. The van der Waals surface area contributed by atoms with Crippen LogP contribution in [-0.4, -0.2) is 49.4 Å². The van der Waals surface area contributed by atoms with Gasteiger partial charge >= 0.3 is 18.2 Å². The van der Waals surface area contributed by atoms with Crippen LogP contribution in [0.15, 0.2) is 59.8 Å². The first-order chi connectivity index (χ1) is 17.0. The molecule has 8 nitrogen and oxygen atoms in total. The molecule has 0 fully saturated rings. The van der Waals surface area contributed by atoms with Crippen LogP contribution in [0.5, 0.6) is 0 Å². The number of nitrogens with one attached hydrogen (secondary N) is 3. The molecule has 2 amide bonds. The summed E-state index contributed by atoms with van der Waals surface area (Å²) < 4.78 is 48.5. The van der Waals surface area contributed by atoms with Crippen LogP contribution < -0.4 is 16.0 Å². The van der Waals surface area contributed by atoms with Gasteiger partial charge in [0.25, 0.3) is 0 Å². The van der Waals surface area contributed by atoms with E-state index in [2.05, 4.69) is 16.0 Å². The van der Waals surface area contributed by atoms with E-state index in [0.29, 0.717) is 27.6 Å². The average Bonchev–Trinajstić information content (AvgIpc) is 2.82. The standard InChI is InChI=1S/C24H25F3N4O4S/c1-14-19(21(32)35-12-11-34-3)20(30-23(36)31(14)2)15-5-4-6-18(13-15)29-22(33)28-17-9-7-16(8-10-17)24(25,26)27/h4-10,13,20H,11-12H2,1-3H3,(H,30,36)(H2,28,29,33). The van der Waals surface area contributed by atoms with Crippen molar-refractivity contribution in [3.05, 3.63) is 70.9 Å². The third-order valence-corrected chi connectivity index (χ3v) is 5.83. The van der Waals surface area contributed by atoms with E-state index < -0.39 is 29.8 Å². The molecule has 1 heterocycles. The summed E-state index contributed by atoms with van der Waals surface area (Å²) in [6, 6.07) is 9.56. The summed E-state index contributed by atoms with van der Waals surface area (Å²) in [4.78, 5) is 27.0. The topological polar surface area (TPSA) is 91.9 Å². The first-order valence-corrected chi connectivity index (χ1v) is 11.2. The number of amides is 2. The number of halogens is 3. The van der Waals surface area contributed by atoms with Gasteiger partial charge in [-0.3, -0.25) is 0 Å². The van der Waals surface area contributed by atoms with Gasteiger partial charge in [-0.1, -0.05) is 12.1 Å². The van der Waals surface area contributed by atoms with Crippen molar-refractivity contribution in [1.82, 2.24) is 10.2 Å². The fourth-order valence-electron chi connectivity index (χ4n) is 3.48. The van der Waals surface area contributed by atoms with Crippen molar-refractivity contribution in [2.24, 2.45) is 0 Å². The Morgan fingerprint density at radius 3 is 2.39 bits per heavy atom. The molecule has 1 aliphatic rings. The maximum Gasteiger partial charge on any atom is 0.416 e. The third-order valence-electron chi connectivity index (χ3n) is 5.44. The highest BCUT2D eigenvalue weighted by Crippen LogP contribution is 2.32. The molecule has 3 rings (SSSR count). The molecule has 0 saturated carbocycles. The summed E-state index contributed by atoms with van der Waals surface area (Å²) in [7, 11) is 3.23. The molecule has 0 aliphatic carbocycles. The third kappa shape index (κ3) is 6.52. The van der Waals surface area contributed by atoms with Crippen LogP contribution in [0.4, 0.5) is 29.3 Å². The number of urea groups is 1. The Morgan fingerprint density at radius 1 is 1.08 bits per heavy atom. The Morgan fingerprint density at radius 2 is 1.75 bits per heavy atom. The van der Waals surface area contributed by atoms with Crippen molar-refractivity contribution in [2.75, 3.05) is 38.0 Å². The second-order valence-electron chi connectivity index (χ2n) is 7.85. The van der Waals surface area contributed by atoms with E-state index in [4.69, 9.17) is 21.7 Å². The van der Waals surface area contributed by atoms with Gasteiger partial charge in [-0.25, -0.2) is 9.59 Å². The van der Waals surface area contributed by atoms with Gasteiger partial charge in [-0.2, -0.15) is 13.2 Å². The summed E-state index contributed by atoms with van der Waals surface area (Å²) in [5.74, 6) is -0.533. The molecule has 0 spiro atoms. The number of hydrogen-bond donors (Lipinski definition) is 3. The summed E-state index contributed by atoms with van der Waals surface area (Å²) >= 11 is 5.39. The molecule has 2 aromatic rings. The molecule has 3 N–H and O–H groups in total. The van der Waals surface area contributed by atoms with Crippen molar-refractivity contribution in [3.63, 3.8) is 0 Å². The zero-order chi connectivity index (χ0) is 26.5. The summed E-state index contributed by atoms with van der Waals surface area (Å²) in [6.45, 7) is 2.09. The van der Waals surface area contributed by atoms with Gasteiger partial charge in [0, 0.05) is 31.2 Å². The molecular formula is C24H25F3N4O4S. The Balaban J connectivity index is 1.77. The van der Waals surface area contributed by atoms with E-state index in [1.807, 2.05) is 0 Å². The average molecular weight is 523 g/mol. The Labute approximate surface area is 211 Å². The molecule has 192 valence electrons. The SMILES string of the molecule is COCCOC(=O)C1=C(C)N(C)C(=S)NC1c1cccc(NC(=O)Nc2ccc(C(F)(F)F)cc2)c1. The largest absolute Gasteiger partial charge is 0.460 e. The number of nitrogens with zero attached hydrogens (tertiary/aromatic N) is 1. The van der Waals surface area contributed by atoms with Crippen molar-refractivity contribution < 1.29 is 32.2 Å². The molecule has 2 aromatic carbocycles. The number of alkyl halides is 3. The fourth-order valence-corrected chi connectivity index (χ4v) is 3.73. The van der Waals surface area contributed by atoms with E-state index in [-0.39, 0.29) is 18.9 Å². The fraction of sp³-hybridized carbons (Fsp3) is 0.292. The van der Waals surface area contributed by atoms with E-state index in [1.165, 1.54) is 7.11 Å². The van der Waals surface area contributed by atoms with Gasteiger partial charge in [0.15, 0.2) is 5.11 Å². The lowest BCUT2D eigenvalue weighted by atomic mass is 9.95. The monoisotopic (exact) mass is 522 g/mol. The molecule has 0 aromatic heterocycles. The number of carbonyl (C=O) groups excluding carboxylic acids is 2. The molecule has 1 atom stereocenters. The Kier molecular flexibility index (Phi) is 8.53. The zero-order valence-corrected chi connectivity index (χ0v) is 20.5. The molecular weight excluding hydrogens is 497 g/mol.